The molecule has 0 bridgehead atoms. The molecule has 0 spiro atoms. The van der Waals surface area contributed by atoms with E-state index in [2.05, 4.69) is 57.3 Å². The molecule has 4 rings (SSSR count). The van der Waals surface area contributed by atoms with Gasteiger partial charge in [-0.3, -0.25) is 0 Å². The average molecular weight is 353 g/mol. The average Bonchev–Trinajstić information content (AvgIpc) is 3.05. The molecule has 4 nitrogen and oxygen atoms in total. The molecule has 138 valence electrons. The molecule has 0 saturated heterocycles. The summed E-state index contributed by atoms with van der Waals surface area (Å²) in [4.78, 5) is 0. The predicted molar refractivity (Wildman–Crippen MR) is 103 cm³/mol. The lowest BCUT2D eigenvalue weighted by Gasteiger charge is -2.31. The third-order valence-electron chi connectivity index (χ3n) is 5.40. The lowest BCUT2D eigenvalue weighted by Crippen LogP contribution is -2.31. The van der Waals surface area contributed by atoms with Crippen molar-refractivity contribution in [3.8, 4) is 17.2 Å². The van der Waals surface area contributed by atoms with Crippen LogP contribution in [0.4, 0.5) is 0 Å². The van der Waals surface area contributed by atoms with E-state index >= 15 is 0 Å². The zero-order chi connectivity index (χ0) is 18.5. The Bertz CT molecular complexity index is 851. The Morgan fingerprint density at radius 3 is 2.46 bits per heavy atom. The van der Waals surface area contributed by atoms with Crippen LogP contribution in [-0.4, -0.2) is 20.4 Å². The summed E-state index contributed by atoms with van der Waals surface area (Å²) >= 11 is 0. The number of nitrogens with one attached hydrogen (secondary N) is 1. The fourth-order valence-electron chi connectivity index (χ4n) is 3.99. The quantitative estimate of drug-likeness (QED) is 0.875. The summed E-state index contributed by atoms with van der Waals surface area (Å²) in [5.74, 6) is 2.67. The van der Waals surface area contributed by atoms with Crippen LogP contribution in [0, 0.1) is 6.92 Å². The number of benzene rings is 2. The van der Waals surface area contributed by atoms with Crippen LogP contribution in [-0.2, 0) is 11.8 Å². The summed E-state index contributed by atoms with van der Waals surface area (Å²) in [7, 11) is 1.75. The third kappa shape index (κ3) is 2.82. The molecule has 1 N–H and O–H groups in total. The van der Waals surface area contributed by atoms with E-state index < -0.39 is 0 Å². The number of ether oxygens (including phenoxy) is 3. The zero-order valence-corrected chi connectivity index (χ0v) is 16.2. The van der Waals surface area contributed by atoms with Gasteiger partial charge in [0, 0.05) is 6.54 Å². The van der Waals surface area contributed by atoms with Gasteiger partial charge in [0.2, 0.25) is 6.79 Å². The van der Waals surface area contributed by atoms with Crippen molar-refractivity contribution in [1.29, 1.82) is 0 Å². The van der Waals surface area contributed by atoms with E-state index in [-0.39, 0.29) is 11.5 Å². The molecule has 2 aliphatic rings. The minimum atomic E-state index is 0.0141. The van der Waals surface area contributed by atoms with Gasteiger partial charge in [-0.25, -0.2) is 0 Å². The summed E-state index contributed by atoms with van der Waals surface area (Å²) < 4.78 is 16.9. The van der Waals surface area contributed by atoms with Gasteiger partial charge in [0.25, 0.3) is 0 Å². The standard InChI is InChI=1S/C22H27NO3/c1-13-8-18(24-5)17(22(2,3)4)10-15(13)21-16-11-20-19(25-12-26-20)9-14(16)6-7-23-21/h8-11,21,23H,6-7,12H2,1-5H3. The van der Waals surface area contributed by atoms with E-state index in [4.69, 9.17) is 14.2 Å². The lowest BCUT2D eigenvalue weighted by atomic mass is 9.81. The van der Waals surface area contributed by atoms with Gasteiger partial charge in [-0.1, -0.05) is 20.8 Å². The first-order chi connectivity index (χ1) is 12.4. The van der Waals surface area contributed by atoms with E-state index in [9.17, 15) is 0 Å². The minimum Gasteiger partial charge on any atom is -0.496 e. The number of hydrogen-bond donors (Lipinski definition) is 1. The van der Waals surface area contributed by atoms with Crippen LogP contribution in [0.2, 0.25) is 0 Å². The van der Waals surface area contributed by atoms with Crippen molar-refractivity contribution in [1.82, 2.24) is 5.32 Å². The topological polar surface area (TPSA) is 39.7 Å². The highest BCUT2D eigenvalue weighted by Gasteiger charge is 2.29. The highest BCUT2D eigenvalue weighted by Crippen LogP contribution is 2.42. The van der Waals surface area contributed by atoms with Crippen LogP contribution in [0.3, 0.4) is 0 Å². The normalized spacial score (nSPS) is 18.6. The Morgan fingerprint density at radius 1 is 1.04 bits per heavy atom. The van der Waals surface area contributed by atoms with Crippen LogP contribution in [0.15, 0.2) is 24.3 Å². The van der Waals surface area contributed by atoms with Crippen molar-refractivity contribution < 1.29 is 14.2 Å². The van der Waals surface area contributed by atoms with Gasteiger partial charge in [-0.15, -0.1) is 0 Å². The highest BCUT2D eigenvalue weighted by molar-refractivity contribution is 5.55. The number of fused-ring (bicyclic) bond motifs is 2. The Balaban J connectivity index is 1.85. The molecule has 1 unspecified atom stereocenters. The van der Waals surface area contributed by atoms with Crippen molar-refractivity contribution in [3.63, 3.8) is 0 Å². The largest absolute Gasteiger partial charge is 0.496 e. The van der Waals surface area contributed by atoms with E-state index in [0.29, 0.717) is 6.79 Å². The highest BCUT2D eigenvalue weighted by atomic mass is 16.7. The van der Waals surface area contributed by atoms with E-state index in [1.165, 1.54) is 27.8 Å². The van der Waals surface area contributed by atoms with Gasteiger partial charge in [0.1, 0.15) is 5.75 Å². The number of methoxy groups -OCH3 is 1. The molecule has 0 radical (unpaired) electrons. The van der Waals surface area contributed by atoms with Crippen LogP contribution >= 0.6 is 0 Å². The molecule has 2 aromatic rings. The van der Waals surface area contributed by atoms with Gasteiger partial charge in [-0.05, 0) is 70.8 Å². The van der Waals surface area contributed by atoms with Crippen molar-refractivity contribution in [2.45, 2.75) is 45.6 Å². The lowest BCUT2D eigenvalue weighted by molar-refractivity contribution is 0.174. The number of hydrogen-bond acceptors (Lipinski definition) is 4. The maximum absolute atomic E-state index is 5.67. The Labute approximate surface area is 155 Å². The monoisotopic (exact) mass is 353 g/mol. The molecule has 2 heterocycles. The number of aryl methyl sites for hydroxylation is 1. The van der Waals surface area contributed by atoms with Gasteiger partial charge in [0.05, 0.1) is 13.2 Å². The van der Waals surface area contributed by atoms with Gasteiger partial charge < -0.3 is 19.5 Å². The molecule has 0 saturated carbocycles. The van der Waals surface area contributed by atoms with Crippen LogP contribution in [0.25, 0.3) is 0 Å². The first-order valence-electron chi connectivity index (χ1n) is 9.23. The summed E-state index contributed by atoms with van der Waals surface area (Å²) in [5.41, 5.74) is 6.41. The zero-order valence-electron chi connectivity index (χ0n) is 16.2. The van der Waals surface area contributed by atoms with Gasteiger partial charge >= 0.3 is 0 Å². The Kier molecular flexibility index (Phi) is 4.11. The second-order valence-electron chi connectivity index (χ2n) is 8.20. The maximum Gasteiger partial charge on any atom is 0.231 e. The molecule has 0 fully saturated rings. The van der Waals surface area contributed by atoms with E-state index in [1.807, 2.05) is 0 Å². The smallest absolute Gasteiger partial charge is 0.231 e. The molecular weight excluding hydrogens is 326 g/mol. The molecule has 2 aliphatic heterocycles. The van der Waals surface area contributed by atoms with Gasteiger partial charge in [0.15, 0.2) is 11.5 Å². The second-order valence-corrected chi connectivity index (χ2v) is 8.20. The number of rotatable bonds is 2. The molecule has 1 atom stereocenters. The fraction of sp³-hybridized carbons (Fsp3) is 0.455. The molecule has 2 aromatic carbocycles. The minimum absolute atomic E-state index is 0.0141. The molecule has 0 aliphatic carbocycles. The summed E-state index contributed by atoms with van der Waals surface area (Å²) in [6.07, 6.45) is 1.00. The first-order valence-corrected chi connectivity index (χ1v) is 9.23. The summed E-state index contributed by atoms with van der Waals surface area (Å²) in [6, 6.07) is 8.93. The molecule has 4 heteroatoms. The first kappa shape index (κ1) is 17.2. The molecule has 0 aromatic heterocycles. The fourth-order valence-corrected chi connectivity index (χ4v) is 3.99. The molecule has 26 heavy (non-hydrogen) atoms. The molecule has 0 amide bonds. The third-order valence-corrected chi connectivity index (χ3v) is 5.40. The van der Waals surface area contributed by atoms with Gasteiger partial charge in [-0.2, -0.15) is 0 Å². The van der Waals surface area contributed by atoms with Crippen LogP contribution in [0.1, 0.15) is 54.6 Å². The predicted octanol–water partition coefficient (Wildman–Crippen LogP) is 4.26. The maximum atomic E-state index is 5.67. The molecular formula is C22H27NO3. The van der Waals surface area contributed by atoms with E-state index in [1.54, 1.807) is 7.11 Å². The van der Waals surface area contributed by atoms with Crippen molar-refractivity contribution in [2.75, 3.05) is 20.4 Å². The SMILES string of the molecule is COc1cc(C)c(C2NCCc3cc4c(cc32)OCO4)cc1C(C)(C)C. The van der Waals surface area contributed by atoms with Crippen molar-refractivity contribution in [3.05, 3.63) is 52.1 Å². The van der Waals surface area contributed by atoms with E-state index in [0.717, 1.165) is 30.2 Å². The van der Waals surface area contributed by atoms with Crippen LogP contribution in [0.5, 0.6) is 17.2 Å². The van der Waals surface area contributed by atoms with Crippen molar-refractivity contribution >= 4 is 0 Å². The second kappa shape index (κ2) is 6.20. The Hall–Kier alpha value is -2.20. The summed E-state index contributed by atoms with van der Waals surface area (Å²) in [6.45, 7) is 10.1. The summed E-state index contributed by atoms with van der Waals surface area (Å²) in [5, 5.41) is 3.70. The van der Waals surface area contributed by atoms with Crippen LogP contribution < -0.4 is 19.5 Å². The Morgan fingerprint density at radius 2 is 1.77 bits per heavy atom. The van der Waals surface area contributed by atoms with Crippen molar-refractivity contribution in [2.24, 2.45) is 0 Å².